The molecule has 1 aromatic carbocycles. The molecule has 0 bridgehead atoms. The van der Waals surface area contributed by atoms with E-state index in [9.17, 15) is 13.6 Å². The molecule has 1 N–H and O–H groups in total. The Hall–Kier alpha value is -3.47. The third-order valence-corrected chi connectivity index (χ3v) is 7.40. The number of pyridine rings is 1. The number of imidazole rings is 1. The quantitative estimate of drug-likeness (QED) is 0.456. The van der Waals surface area contributed by atoms with E-state index in [1.807, 2.05) is 13.1 Å². The van der Waals surface area contributed by atoms with E-state index >= 15 is 0 Å². The third-order valence-electron chi connectivity index (χ3n) is 7.40. The van der Waals surface area contributed by atoms with E-state index in [4.69, 9.17) is 10.00 Å². The molecule has 0 radical (unpaired) electrons. The number of nitriles is 1. The molecule has 1 amide bonds. The zero-order chi connectivity index (χ0) is 25.4. The Kier molecular flexibility index (Phi) is 6.65. The van der Waals surface area contributed by atoms with Gasteiger partial charge in [-0.25, -0.2) is 13.8 Å². The Labute approximate surface area is 209 Å². The average molecular weight is 493 g/mol. The van der Waals surface area contributed by atoms with Crippen LogP contribution in [-0.4, -0.2) is 21.8 Å². The number of ether oxygens (including phenoxy) is 1. The number of aromatic nitrogens is 2. The fraction of sp³-hybridized carbons (Fsp3) is 0.464. The van der Waals surface area contributed by atoms with Crippen molar-refractivity contribution in [2.24, 2.45) is 11.8 Å². The van der Waals surface area contributed by atoms with Crippen molar-refractivity contribution in [1.29, 1.82) is 5.26 Å². The number of carbonyl (C=O) groups is 1. The van der Waals surface area contributed by atoms with Gasteiger partial charge in [0.2, 0.25) is 0 Å². The maximum Gasteiger partial charge on any atom is 0.270 e. The molecule has 36 heavy (non-hydrogen) atoms. The minimum absolute atomic E-state index is 0.0913. The predicted octanol–water partition coefficient (Wildman–Crippen LogP) is 5.75. The second-order valence-corrected chi connectivity index (χ2v) is 10.2. The van der Waals surface area contributed by atoms with Crippen LogP contribution in [0, 0.1) is 48.6 Å². The standard InChI is InChI=1S/C28H30F2N4O2/c1-16-11-24(36-15-22-23(29)10-9-21(25(22)30)20-7-8-20)27-33-17(2)26(34(27)14-16)28(35)32-13-19-5-3-18(12-31)4-6-19/h9-11,14,18-20H,3-8,13,15H2,1-2H3,(H,32,35). The first-order valence-corrected chi connectivity index (χ1v) is 12.6. The van der Waals surface area contributed by atoms with Crippen LogP contribution in [0.5, 0.6) is 5.75 Å². The average Bonchev–Trinajstić information content (AvgIpc) is 3.64. The maximum atomic E-state index is 15.0. The van der Waals surface area contributed by atoms with E-state index < -0.39 is 11.6 Å². The molecule has 5 rings (SSSR count). The molecule has 6 nitrogen and oxygen atoms in total. The van der Waals surface area contributed by atoms with Crippen LogP contribution in [-0.2, 0) is 6.61 Å². The molecule has 2 saturated carbocycles. The summed E-state index contributed by atoms with van der Waals surface area (Å²) in [7, 11) is 0. The van der Waals surface area contributed by atoms with Gasteiger partial charge in [-0.2, -0.15) is 5.26 Å². The van der Waals surface area contributed by atoms with Crippen molar-refractivity contribution in [1.82, 2.24) is 14.7 Å². The number of halogens is 2. The van der Waals surface area contributed by atoms with Gasteiger partial charge in [-0.1, -0.05) is 6.07 Å². The van der Waals surface area contributed by atoms with Crippen molar-refractivity contribution >= 4 is 11.6 Å². The lowest BCUT2D eigenvalue weighted by Crippen LogP contribution is -2.32. The summed E-state index contributed by atoms with van der Waals surface area (Å²) in [5, 5.41) is 12.1. The fourth-order valence-electron chi connectivity index (χ4n) is 5.16. The van der Waals surface area contributed by atoms with Gasteiger partial charge in [-0.05, 0) is 87.5 Å². The van der Waals surface area contributed by atoms with Crippen LogP contribution in [0.1, 0.15) is 77.3 Å². The smallest absolute Gasteiger partial charge is 0.270 e. The summed E-state index contributed by atoms with van der Waals surface area (Å²) in [6.45, 7) is 3.91. The summed E-state index contributed by atoms with van der Waals surface area (Å²) < 4.78 is 37.0. The number of amides is 1. The molecule has 2 aromatic heterocycles. The van der Waals surface area contributed by atoms with Gasteiger partial charge in [0.1, 0.15) is 23.9 Å². The Morgan fingerprint density at radius 2 is 1.94 bits per heavy atom. The number of fused-ring (bicyclic) bond motifs is 1. The molecule has 0 spiro atoms. The van der Waals surface area contributed by atoms with Crippen molar-refractivity contribution in [3.8, 4) is 11.8 Å². The van der Waals surface area contributed by atoms with Crippen molar-refractivity contribution in [3.63, 3.8) is 0 Å². The maximum absolute atomic E-state index is 15.0. The molecule has 2 heterocycles. The number of hydrogen-bond acceptors (Lipinski definition) is 4. The predicted molar refractivity (Wildman–Crippen MR) is 131 cm³/mol. The largest absolute Gasteiger partial charge is 0.485 e. The van der Waals surface area contributed by atoms with Crippen LogP contribution < -0.4 is 10.1 Å². The molecular formula is C28H30F2N4O2. The van der Waals surface area contributed by atoms with Gasteiger partial charge >= 0.3 is 0 Å². The zero-order valence-electron chi connectivity index (χ0n) is 20.6. The fourth-order valence-corrected chi connectivity index (χ4v) is 5.16. The minimum atomic E-state index is -0.635. The van der Waals surface area contributed by atoms with Crippen LogP contribution >= 0.6 is 0 Å². The highest BCUT2D eigenvalue weighted by molar-refractivity contribution is 5.95. The summed E-state index contributed by atoms with van der Waals surface area (Å²) in [4.78, 5) is 17.7. The zero-order valence-corrected chi connectivity index (χ0v) is 20.6. The molecule has 0 aliphatic heterocycles. The monoisotopic (exact) mass is 492 g/mol. The molecule has 0 saturated heterocycles. The van der Waals surface area contributed by atoms with E-state index in [0.717, 1.165) is 44.1 Å². The number of benzene rings is 1. The van der Waals surface area contributed by atoms with Gasteiger partial charge in [0.25, 0.3) is 5.91 Å². The van der Waals surface area contributed by atoms with Crippen molar-refractivity contribution in [3.05, 3.63) is 64.1 Å². The van der Waals surface area contributed by atoms with Crippen LogP contribution in [0.15, 0.2) is 24.4 Å². The lowest BCUT2D eigenvalue weighted by atomic mass is 9.83. The van der Waals surface area contributed by atoms with Crippen LogP contribution in [0.25, 0.3) is 5.65 Å². The number of hydrogen-bond donors (Lipinski definition) is 1. The first-order valence-electron chi connectivity index (χ1n) is 12.6. The highest BCUT2D eigenvalue weighted by Gasteiger charge is 2.29. The van der Waals surface area contributed by atoms with E-state index in [1.54, 1.807) is 17.4 Å². The topological polar surface area (TPSA) is 79.4 Å². The van der Waals surface area contributed by atoms with E-state index in [1.165, 1.54) is 12.1 Å². The molecule has 0 unspecified atom stereocenters. The van der Waals surface area contributed by atoms with Gasteiger partial charge in [0, 0.05) is 18.7 Å². The van der Waals surface area contributed by atoms with E-state index in [0.29, 0.717) is 40.8 Å². The van der Waals surface area contributed by atoms with Crippen LogP contribution in [0.2, 0.25) is 0 Å². The number of rotatable bonds is 7. The van der Waals surface area contributed by atoms with Crippen LogP contribution in [0.4, 0.5) is 8.78 Å². The highest BCUT2D eigenvalue weighted by Crippen LogP contribution is 2.42. The molecule has 2 fully saturated rings. The molecule has 2 aliphatic rings. The van der Waals surface area contributed by atoms with Crippen molar-refractivity contribution in [2.75, 3.05) is 6.54 Å². The van der Waals surface area contributed by atoms with E-state index in [2.05, 4.69) is 16.4 Å². The summed E-state index contributed by atoms with van der Waals surface area (Å²) in [6, 6.07) is 6.92. The lowest BCUT2D eigenvalue weighted by Gasteiger charge is -2.24. The highest BCUT2D eigenvalue weighted by atomic mass is 19.1. The number of carbonyl (C=O) groups excluding carboxylic acids is 1. The number of nitrogens with zero attached hydrogens (tertiary/aromatic N) is 3. The van der Waals surface area contributed by atoms with Gasteiger partial charge in [-0.15, -0.1) is 0 Å². The van der Waals surface area contributed by atoms with Gasteiger partial charge in [0.15, 0.2) is 11.4 Å². The van der Waals surface area contributed by atoms with Gasteiger partial charge in [0.05, 0.1) is 17.3 Å². The van der Waals surface area contributed by atoms with E-state index in [-0.39, 0.29) is 29.9 Å². The Morgan fingerprint density at radius 1 is 1.19 bits per heavy atom. The second kappa shape index (κ2) is 9.88. The molecular weight excluding hydrogens is 462 g/mol. The van der Waals surface area contributed by atoms with Crippen molar-refractivity contribution in [2.45, 2.75) is 64.9 Å². The summed E-state index contributed by atoms with van der Waals surface area (Å²) in [5.74, 6) is -0.399. The molecule has 188 valence electrons. The normalized spacial score (nSPS) is 19.8. The first kappa shape index (κ1) is 24.2. The Morgan fingerprint density at radius 3 is 2.64 bits per heavy atom. The summed E-state index contributed by atoms with van der Waals surface area (Å²) >= 11 is 0. The molecule has 8 heteroatoms. The Bertz CT molecular complexity index is 1350. The third kappa shape index (κ3) is 4.79. The van der Waals surface area contributed by atoms with Gasteiger partial charge in [-0.3, -0.25) is 9.20 Å². The summed E-state index contributed by atoms with van der Waals surface area (Å²) in [5.41, 5.74) is 2.66. The molecule has 0 atom stereocenters. The Balaban J connectivity index is 1.35. The van der Waals surface area contributed by atoms with Gasteiger partial charge < -0.3 is 10.1 Å². The number of aryl methyl sites for hydroxylation is 2. The van der Waals surface area contributed by atoms with Crippen molar-refractivity contribution < 1.29 is 18.3 Å². The molecule has 3 aromatic rings. The molecule has 2 aliphatic carbocycles. The first-order chi connectivity index (χ1) is 17.4. The summed E-state index contributed by atoms with van der Waals surface area (Å²) in [6.07, 6.45) is 7.24. The van der Waals surface area contributed by atoms with Crippen LogP contribution in [0.3, 0.4) is 0 Å². The second-order valence-electron chi connectivity index (χ2n) is 10.2. The minimum Gasteiger partial charge on any atom is -0.485 e. The number of nitrogens with one attached hydrogen (secondary N) is 1. The lowest BCUT2D eigenvalue weighted by molar-refractivity contribution is 0.0936. The SMILES string of the molecule is Cc1cc(OCc2c(F)ccc(C3CC3)c2F)c2nc(C)c(C(=O)NCC3CCC(C#N)CC3)n2c1.